The fourth-order valence-corrected chi connectivity index (χ4v) is 1.81. The van der Waals surface area contributed by atoms with Gasteiger partial charge in [-0.25, -0.2) is 0 Å². The number of nitrogens with zero attached hydrogens (tertiary/aromatic N) is 2. The van der Waals surface area contributed by atoms with Crippen molar-refractivity contribution >= 4 is 5.69 Å². The molecule has 0 atom stereocenters. The number of aromatic nitrogens is 2. The number of anilines is 1. The molecule has 0 aliphatic carbocycles. The minimum absolute atomic E-state index is 0.283. The van der Waals surface area contributed by atoms with E-state index >= 15 is 0 Å². The highest BCUT2D eigenvalue weighted by Crippen LogP contribution is 2.15. The van der Waals surface area contributed by atoms with Crippen LogP contribution in [-0.4, -0.2) is 14.9 Å². The highest BCUT2D eigenvalue weighted by atomic mass is 16.3. The lowest BCUT2D eigenvalue weighted by molar-refractivity contribution is 0.475. The monoisotopic (exact) mass is 231 g/mol. The summed E-state index contributed by atoms with van der Waals surface area (Å²) < 4.78 is 1.84. The maximum Gasteiger partial charge on any atom is 0.115 e. The van der Waals surface area contributed by atoms with Gasteiger partial charge in [0.15, 0.2) is 0 Å². The van der Waals surface area contributed by atoms with E-state index in [1.807, 2.05) is 30.1 Å². The standard InChI is InChI=1S/C13H17N3O/c1-3-13-10(9-16(2)15-13)8-14-11-4-6-12(17)7-5-11/h4-7,9,14,17H,3,8H2,1-2H3. The number of phenols is 1. The van der Waals surface area contributed by atoms with Gasteiger partial charge in [-0.05, 0) is 30.7 Å². The van der Waals surface area contributed by atoms with Gasteiger partial charge in [0, 0.05) is 31.0 Å². The fourth-order valence-electron chi connectivity index (χ4n) is 1.81. The van der Waals surface area contributed by atoms with Crippen LogP contribution in [0.1, 0.15) is 18.2 Å². The Kier molecular flexibility index (Phi) is 3.32. The lowest BCUT2D eigenvalue weighted by atomic mass is 10.2. The van der Waals surface area contributed by atoms with Crippen LogP contribution in [0.5, 0.6) is 5.75 Å². The maximum atomic E-state index is 9.19. The summed E-state index contributed by atoms with van der Waals surface area (Å²) in [5, 5.41) is 16.9. The summed E-state index contributed by atoms with van der Waals surface area (Å²) in [5.41, 5.74) is 3.33. The van der Waals surface area contributed by atoms with E-state index in [2.05, 4.69) is 17.3 Å². The number of hydrogen-bond acceptors (Lipinski definition) is 3. The second-order valence-corrected chi connectivity index (χ2v) is 4.03. The predicted molar refractivity (Wildman–Crippen MR) is 68.0 cm³/mol. The van der Waals surface area contributed by atoms with E-state index in [0.29, 0.717) is 0 Å². The Hall–Kier alpha value is -1.97. The summed E-state index contributed by atoms with van der Waals surface area (Å²) in [5.74, 6) is 0.283. The van der Waals surface area contributed by atoms with Crippen molar-refractivity contribution in [3.8, 4) is 5.75 Å². The van der Waals surface area contributed by atoms with Gasteiger partial charge in [0.2, 0.25) is 0 Å². The number of benzene rings is 1. The summed E-state index contributed by atoms with van der Waals surface area (Å²) >= 11 is 0. The van der Waals surface area contributed by atoms with Crippen LogP contribution in [0.15, 0.2) is 30.5 Å². The summed E-state index contributed by atoms with van der Waals surface area (Å²) in [6.45, 7) is 2.86. The zero-order valence-corrected chi connectivity index (χ0v) is 10.1. The number of hydrogen-bond donors (Lipinski definition) is 2. The maximum absolute atomic E-state index is 9.19. The number of aromatic hydroxyl groups is 1. The van der Waals surface area contributed by atoms with Gasteiger partial charge in [-0.15, -0.1) is 0 Å². The molecule has 0 radical (unpaired) electrons. The van der Waals surface area contributed by atoms with Gasteiger partial charge >= 0.3 is 0 Å². The zero-order valence-electron chi connectivity index (χ0n) is 10.1. The molecule has 4 nitrogen and oxygen atoms in total. The summed E-state index contributed by atoms with van der Waals surface area (Å²) in [6, 6.07) is 7.06. The molecule has 0 bridgehead atoms. The van der Waals surface area contributed by atoms with E-state index in [4.69, 9.17) is 0 Å². The Labute approximate surface area is 101 Å². The highest BCUT2D eigenvalue weighted by Gasteiger charge is 2.05. The summed E-state index contributed by atoms with van der Waals surface area (Å²) in [6.07, 6.45) is 2.97. The molecule has 0 unspecified atom stereocenters. The van der Waals surface area contributed by atoms with Crippen molar-refractivity contribution in [2.24, 2.45) is 7.05 Å². The molecule has 1 heterocycles. The first-order valence-electron chi connectivity index (χ1n) is 5.73. The Morgan fingerprint density at radius 2 is 2.00 bits per heavy atom. The van der Waals surface area contributed by atoms with Crippen molar-refractivity contribution in [3.63, 3.8) is 0 Å². The van der Waals surface area contributed by atoms with E-state index < -0.39 is 0 Å². The molecule has 90 valence electrons. The minimum atomic E-state index is 0.283. The van der Waals surface area contributed by atoms with Crippen LogP contribution in [0.4, 0.5) is 5.69 Å². The van der Waals surface area contributed by atoms with Crippen LogP contribution < -0.4 is 5.32 Å². The molecule has 0 saturated heterocycles. The van der Waals surface area contributed by atoms with E-state index in [9.17, 15) is 5.11 Å². The summed E-state index contributed by atoms with van der Waals surface area (Å²) in [7, 11) is 1.93. The second kappa shape index (κ2) is 4.91. The quantitative estimate of drug-likeness (QED) is 0.794. The molecular formula is C13H17N3O. The number of aryl methyl sites for hydroxylation is 2. The van der Waals surface area contributed by atoms with Crippen molar-refractivity contribution in [1.29, 1.82) is 0 Å². The Balaban J connectivity index is 2.04. The average Bonchev–Trinajstić information content (AvgIpc) is 2.69. The second-order valence-electron chi connectivity index (χ2n) is 4.03. The molecular weight excluding hydrogens is 214 g/mol. The van der Waals surface area contributed by atoms with E-state index in [-0.39, 0.29) is 5.75 Å². The lowest BCUT2D eigenvalue weighted by Crippen LogP contribution is -2.00. The first-order chi connectivity index (χ1) is 8.19. The van der Waals surface area contributed by atoms with Gasteiger partial charge in [0.25, 0.3) is 0 Å². The summed E-state index contributed by atoms with van der Waals surface area (Å²) in [4.78, 5) is 0. The van der Waals surface area contributed by atoms with Crippen LogP contribution in [0.25, 0.3) is 0 Å². The molecule has 0 saturated carbocycles. The molecule has 2 N–H and O–H groups in total. The van der Waals surface area contributed by atoms with Crippen LogP contribution in [0, 0.1) is 0 Å². The Bertz CT molecular complexity index is 488. The molecule has 2 rings (SSSR count). The number of rotatable bonds is 4. The van der Waals surface area contributed by atoms with Crippen LogP contribution in [0.2, 0.25) is 0 Å². The third-order valence-corrected chi connectivity index (χ3v) is 2.68. The van der Waals surface area contributed by atoms with E-state index in [1.54, 1.807) is 12.1 Å². The molecule has 0 aliphatic heterocycles. The van der Waals surface area contributed by atoms with Gasteiger partial charge in [0.1, 0.15) is 5.75 Å². The van der Waals surface area contributed by atoms with Gasteiger partial charge in [-0.2, -0.15) is 5.10 Å². The van der Waals surface area contributed by atoms with Crippen LogP contribution >= 0.6 is 0 Å². The molecule has 2 aromatic rings. The van der Waals surface area contributed by atoms with E-state index in [0.717, 1.165) is 24.3 Å². The van der Waals surface area contributed by atoms with Crippen LogP contribution in [-0.2, 0) is 20.0 Å². The van der Waals surface area contributed by atoms with Crippen molar-refractivity contribution in [1.82, 2.24) is 9.78 Å². The zero-order chi connectivity index (χ0) is 12.3. The van der Waals surface area contributed by atoms with Gasteiger partial charge < -0.3 is 10.4 Å². The van der Waals surface area contributed by atoms with Crippen molar-refractivity contribution in [2.45, 2.75) is 19.9 Å². The highest BCUT2D eigenvalue weighted by molar-refractivity contribution is 5.46. The third-order valence-electron chi connectivity index (χ3n) is 2.68. The first-order valence-corrected chi connectivity index (χ1v) is 5.73. The normalized spacial score (nSPS) is 10.5. The lowest BCUT2D eigenvalue weighted by Gasteiger charge is -2.05. The first kappa shape index (κ1) is 11.5. The van der Waals surface area contributed by atoms with E-state index in [1.165, 1.54) is 5.56 Å². The molecule has 17 heavy (non-hydrogen) atoms. The SMILES string of the molecule is CCc1nn(C)cc1CNc1ccc(O)cc1. The molecule has 1 aromatic carbocycles. The molecule has 0 spiro atoms. The third kappa shape index (κ3) is 2.78. The van der Waals surface area contributed by atoms with Gasteiger partial charge in [-0.3, -0.25) is 4.68 Å². The average molecular weight is 231 g/mol. The minimum Gasteiger partial charge on any atom is -0.508 e. The van der Waals surface area contributed by atoms with Crippen LogP contribution in [0.3, 0.4) is 0 Å². The number of phenolic OH excluding ortho intramolecular Hbond substituents is 1. The van der Waals surface area contributed by atoms with Crippen molar-refractivity contribution in [2.75, 3.05) is 5.32 Å². The predicted octanol–water partition coefficient (Wildman–Crippen LogP) is 2.30. The van der Waals surface area contributed by atoms with Gasteiger partial charge in [-0.1, -0.05) is 6.92 Å². The molecule has 0 fully saturated rings. The Morgan fingerprint density at radius 3 is 2.65 bits per heavy atom. The largest absolute Gasteiger partial charge is 0.508 e. The van der Waals surface area contributed by atoms with Crippen molar-refractivity contribution < 1.29 is 5.11 Å². The smallest absolute Gasteiger partial charge is 0.115 e. The van der Waals surface area contributed by atoms with Crippen molar-refractivity contribution in [3.05, 3.63) is 41.7 Å². The Morgan fingerprint density at radius 1 is 1.29 bits per heavy atom. The topological polar surface area (TPSA) is 50.1 Å². The van der Waals surface area contributed by atoms with Gasteiger partial charge in [0.05, 0.1) is 5.69 Å². The number of nitrogens with one attached hydrogen (secondary N) is 1. The fraction of sp³-hybridized carbons (Fsp3) is 0.308. The molecule has 4 heteroatoms. The molecule has 0 amide bonds. The molecule has 0 aliphatic rings. The molecule has 1 aromatic heterocycles.